The SMILES string of the molecule is [O-]C(=NCCc1ccccc1)c1ccc2c(c1)N=C(c1ccc(F)cc1)c1ccccc1S2. The average Bonchev–Trinajstić information content (AvgIpc) is 3.01. The lowest BCUT2D eigenvalue weighted by Gasteiger charge is -2.13. The summed E-state index contributed by atoms with van der Waals surface area (Å²) in [4.78, 5) is 11.2. The highest BCUT2D eigenvalue weighted by Crippen LogP contribution is 2.41. The molecule has 0 aromatic heterocycles. The van der Waals surface area contributed by atoms with Crippen LogP contribution < -0.4 is 5.11 Å². The summed E-state index contributed by atoms with van der Waals surface area (Å²) in [6.45, 7) is 0.435. The summed E-state index contributed by atoms with van der Waals surface area (Å²) in [5.74, 6) is -0.542. The van der Waals surface area contributed by atoms with Crippen LogP contribution in [0.2, 0.25) is 0 Å². The Morgan fingerprint density at radius 1 is 0.848 bits per heavy atom. The molecule has 0 amide bonds. The van der Waals surface area contributed by atoms with Crippen LogP contribution in [0.15, 0.2) is 117 Å². The van der Waals surface area contributed by atoms with E-state index in [0.717, 1.165) is 38.6 Å². The van der Waals surface area contributed by atoms with Crippen molar-refractivity contribution >= 4 is 29.1 Å². The molecule has 4 aromatic rings. The summed E-state index contributed by atoms with van der Waals surface area (Å²) >= 11 is 1.61. The van der Waals surface area contributed by atoms with Crippen LogP contribution in [0.3, 0.4) is 0 Å². The highest BCUT2D eigenvalue weighted by Gasteiger charge is 2.19. The van der Waals surface area contributed by atoms with E-state index in [9.17, 15) is 9.50 Å². The van der Waals surface area contributed by atoms with E-state index >= 15 is 0 Å². The van der Waals surface area contributed by atoms with Crippen LogP contribution in [0.5, 0.6) is 0 Å². The van der Waals surface area contributed by atoms with Crippen LogP contribution in [-0.4, -0.2) is 18.2 Å². The maximum Gasteiger partial charge on any atom is 0.123 e. The van der Waals surface area contributed by atoms with Gasteiger partial charge in [-0.2, -0.15) is 0 Å². The molecule has 0 aliphatic carbocycles. The predicted octanol–water partition coefficient (Wildman–Crippen LogP) is 5.81. The fourth-order valence-electron chi connectivity index (χ4n) is 3.72. The Labute approximate surface area is 196 Å². The molecule has 1 aliphatic heterocycles. The minimum atomic E-state index is -0.291. The molecule has 1 aliphatic rings. The quantitative estimate of drug-likeness (QED) is 0.250. The van der Waals surface area contributed by atoms with Crippen LogP contribution in [0, 0.1) is 5.82 Å². The molecule has 0 unspecified atom stereocenters. The van der Waals surface area contributed by atoms with E-state index in [-0.39, 0.29) is 11.7 Å². The molecule has 5 heteroatoms. The van der Waals surface area contributed by atoms with E-state index in [1.54, 1.807) is 36.0 Å². The summed E-state index contributed by atoms with van der Waals surface area (Å²) < 4.78 is 13.5. The molecule has 0 bridgehead atoms. The second kappa shape index (κ2) is 9.43. The molecule has 0 radical (unpaired) electrons. The molecule has 5 rings (SSSR count). The van der Waals surface area contributed by atoms with Crippen molar-refractivity contribution in [3.63, 3.8) is 0 Å². The molecule has 0 fully saturated rings. The Morgan fingerprint density at radius 2 is 1.61 bits per heavy atom. The van der Waals surface area contributed by atoms with Gasteiger partial charge in [0.1, 0.15) is 5.82 Å². The molecule has 0 N–H and O–H groups in total. The first-order chi connectivity index (χ1) is 16.2. The topological polar surface area (TPSA) is 47.8 Å². The molecule has 0 atom stereocenters. The van der Waals surface area contributed by atoms with Crippen LogP contribution in [0.1, 0.15) is 22.3 Å². The first-order valence-electron chi connectivity index (χ1n) is 10.7. The van der Waals surface area contributed by atoms with Gasteiger partial charge in [0.15, 0.2) is 0 Å². The third-order valence-electron chi connectivity index (χ3n) is 5.42. The Morgan fingerprint density at radius 3 is 2.42 bits per heavy atom. The standard InChI is InChI=1S/C28H21FN2OS/c29-22-13-10-20(11-14-22)27-23-8-4-5-9-25(23)33-26-15-12-21(18-24(26)31-27)28(32)30-17-16-19-6-2-1-3-7-19/h1-15,18H,16-17H2,(H,30,32)/p-1. The Balaban J connectivity index is 1.50. The van der Waals surface area contributed by atoms with Gasteiger partial charge >= 0.3 is 0 Å². The lowest BCUT2D eigenvalue weighted by atomic mass is 10.0. The summed E-state index contributed by atoms with van der Waals surface area (Å²) in [6, 6.07) is 29.9. The molecule has 3 nitrogen and oxygen atoms in total. The lowest BCUT2D eigenvalue weighted by Crippen LogP contribution is -2.19. The highest BCUT2D eigenvalue weighted by molar-refractivity contribution is 7.99. The van der Waals surface area contributed by atoms with Crippen LogP contribution >= 0.6 is 11.8 Å². The molecule has 0 saturated heterocycles. The van der Waals surface area contributed by atoms with Crippen molar-refractivity contribution in [1.29, 1.82) is 0 Å². The highest BCUT2D eigenvalue weighted by atomic mass is 32.2. The monoisotopic (exact) mass is 451 g/mol. The molecule has 1 heterocycles. The fourth-order valence-corrected chi connectivity index (χ4v) is 4.73. The average molecular weight is 452 g/mol. The third kappa shape index (κ3) is 4.73. The smallest absolute Gasteiger partial charge is 0.123 e. The number of fused-ring (bicyclic) bond motifs is 2. The normalized spacial score (nSPS) is 13.0. The summed E-state index contributed by atoms with van der Waals surface area (Å²) in [7, 11) is 0. The van der Waals surface area contributed by atoms with Gasteiger partial charge in [-0.25, -0.2) is 9.38 Å². The Bertz CT molecular complexity index is 1350. The summed E-state index contributed by atoms with van der Waals surface area (Å²) in [5.41, 5.74) is 4.92. The Hall–Kier alpha value is -3.70. The van der Waals surface area contributed by atoms with Crippen molar-refractivity contribution in [2.24, 2.45) is 9.98 Å². The maximum atomic E-state index is 13.5. The van der Waals surface area contributed by atoms with E-state index in [4.69, 9.17) is 4.99 Å². The molecular weight excluding hydrogens is 431 g/mol. The van der Waals surface area contributed by atoms with Crippen molar-refractivity contribution in [3.8, 4) is 0 Å². The predicted molar refractivity (Wildman–Crippen MR) is 130 cm³/mol. The third-order valence-corrected chi connectivity index (χ3v) is 6.56. The van der Waals surface area contributed by atoms with E-state index in [1.807, 2.05) is 60.7 Å². The van der Waals surface area contributed by atoms with Crippen LogP contribution in [0.4, 0.5) is 10.1 Å². The van der Waals surface area contributed by atoms with Crippen molar-refractivity contribution in [2.45, 2.75) is 16.2 Å². The first kappa shape index (κ1) is 21.2. The number of hydrogen-bond donors (Lipinski definition) is 0. The second-order valence-electron chi connectivity index (χ2n) is 7.67. The van der Waals surface area contributed by atoms with Gasteiger partial charge in [0.05, 0.1) is 11.4 Å². The maximum absolute atomic E-state index is 13.5. The van der Waals surface area contributed by atoms with Gasteiger partial charge in [0.25, 0.3) is 0 Å². The van der Waals surface area contributed by atoms with Crippen molar-refractivity contribution in [1.82, 2.24) is 0 Å². The number of rotatable bonds is 5. The number of nitrogens with zero attached hydrogens (tertiary/aromatic N) is 2. The lowest BCUT2D eigenvalue weighted by molar-refractivity contribution is -0.213. The summed E-state index contributed by atoms with van der Waals surface area (Å²) in [5, 5.41) is 12.8. The van der Waals surface area contributed by atoms with Crippen molar-refractivity contribution < 1.29 is 9.50 Å². The van der Waals surface area contributed by atoms with Gasteiger partial charge in [0, 0.05) is 27.5 Å². The summed E-state index contributed by atoms with van der Waals surface area (Å²) in [6.07, 6.45) is 0.718. The van der Waals surface area contributed by atoms with Crippen LogP contribution in [-0.2, 0) is 6.42 Å². The largest absolute Gasteiger partial charge is 0.858 e. The number of benzene rings is 4. The van der Waals surface area contributed by atoms with E-state index < -0.39 is 0 Å². The number of hydrogen-bond acceptors (Lipinski definition) is 4. The van der Waals surface area contributed by atoms with Gasteiger partial charge < -0.3 is 10.1 Å². The first-order valence-corrected chi connectivity index (χ1v) is 11.5. The zero-order valence-corrected chi connectivity index (χ0v) is 18.6. The molecule has 4 aromatic carbocycles. The zero-order valence-electron chi connectivity index (χ0n) is 17.7. The van der Waals surface area contributed by atoms with Gasteiger partial charge in [-0.3, -0.25) is 0 Å². The minimum Gasteiger partial charge on any atom is -0.858 e. The van der Waals surface area contributed by atoms with Crippen molar-refractivity contribution in [3.05, 3.63) is 125 Å². The van der Waals surface area contributed by atoms with Gasteiger partial charge in [-0.1, -0.05) is 66.4 Å². The molecule has 0 saturated carbocycles. The Kier molecular flexibility index (Phi) is 6.05. The number of aliphatic imine (C=N–C) groups is 2. The van der Waals surface area contributed by atoms with Crippen molar-refractivity contribution in [2.75, 3.05) is 6.54 Å². The molecule has 0 spiro atoms. The van der Waals surface area contributed by atoms with Gasteiger partial charge in [-0.15, -0.1) is 0 Å². The van der Waals surface area contributed by atoms with E-state index in [0.29, 0.717) is 17.8 Å². The van der Waals surface area contributed by atoms with E-state index in [2.05, 4.69) is 4.99 Å². The molecule has 33 heavy (non-hydrogen) atoms. The number of halogens is 1. The fraction of sp³-hybridized carbons (Fsp3) is 0.0714. The van der Waals surface area contributed by atoms with Crippen LogP contribution in [0.25, 0.3) is 0 Å². The zero-order chi connectivity index (χ0) is 22.6. The van der Waals surface area contributed by atoms with E-state index in [1.165, 1.54) is 12.1 Å². The second-order valence-corrected chi connectivity index (χ2v) is 8.75. The van der Waals surface area contributed by atoms with Gasteiger partial charge in [-0.05, 0) is 65.9 Å². The van der Waals surface area contributed by atoms with Gasteiger partial charge in [0.2, 0.25) is 0 Å². The molecular formula is C28H20FN2OS-. The minimum absolute atomic E-state index is 0.251. The molecule has 162 valence electrons.